The maximum absolute atomic E-state index is 11.6. The average molecular weight is 363 g/mol. The van der Waals surface area contributed by atoms with Crippen molar-refractivity contribution in [2.75, 3.05) is 6.61 Å². The summed E-state index contributed by atoms with van der Waals surface area (Å²) in [6.07, 6.45) is 0. The molecule has 2 aromatic carbocycles. The Morgan fingerprint density at radius 1 is 1.25 bits per heavy atom. The number of thioether (sulfide) groups is 1. The number of hydrogen-bond donors (Lipinski definition) is 1. The monoisotopic (exact) mass is 362 g/mol. The Morgan fingerprint density at radius 3 is 2.58 bits per heavy atom. The Kier molecular flexibility index (Phi) is 6.70. The predicted molar refractivity (Wildman–Crippen MR) is 102 cm³/mol. The summed E-state index contributed by atoms with van der Waals surface area (Å²) in [6.45, 7) is 4.03. The highest BCUT2D eigenvalue weighted by Crippen LogP contribution is 2.26. The second-order valence-corrected chi connectivity index (χ2v) is 6.46. The molecule has 6 heteroatoms. The van der Waals surface area contributed by atoms with E-state index in [1.54, 1.807) is 37.3 Å². The van der Waals surface area contributed by atoms with Gasteiger partial charge in [0.2, 0.25) is 0 Å². The van der Waals surface area contributed by atoms with Crippen molar-refractivity contribution in [1.29, 1.82) is 0 Å². The lowest BCUT2D eigenvalue weighted by Crippen LogP contribution is -2.07. The van der Waals surface area contributed by atoms with Gasteiger partial charge in [-0.25, -0.2) is 4.99 Å². The van der Waals surface area contributed by atoms with E-state index in [2.05, 4.69) is 4.99 Å². The third-order valence-corrected chi connectivity index (χ3v) is 4.30. The molecule has 24 heavy (non-hydrogen) atoms. The first-order valence-electron chi connectivity index (χ1n) is 7.48. The molecule has 0 amide bonds. The molecule has 0 atom stereocenters. The van der Waals surface area contributed by atoms with Crippen LogP contribution in [0.4, 0.5) is 5.69 Å². The molecular formula is C18H19ClN2O2S. The zero-order valence-corrected chi connectivity index (χ0v) is 15.2. The van der Waals surface area contributed by atoms with Crippen molar-refractivity contribution < 1.29 is 9.53 Å². The van der Waals surface area contributed by atoms with Gasteiger partial charge in [-0.2, -0.15) is 0 Å². The summed E-state index contributed by atoms with van der Waals surface area (Å²) in [7, 11) is 0. The normalized spacial score (nSPS) is 11.4. The van der Waals surface area contributed by atoms with E-state index in [-0.39, 0.29) is 5.78 Å². The largest absolute Gasteiger partial charge is 0.494 e. The number of rotatable bonds is 6. The molecule has 0 aliphatic rings. The van der Waals surface area contributed by atoms with Gasteiger partial charge in [-0.15, -0.1) is 0 Å². The van der Waals surface area contributed by atoms with Crippen LogP contribution in [0.5, 0.6) is 5.75 Å². The van der Waals surface area contributed by atoms with Crippen LogP contribution < -0.4 is 10.5 Å². The fourth-order valence-electron chi connectivity index (χ4n) is 2.03. The number of aliphatic imine (C=N–C) groups is 1. The van der Waals surface area contributed by atoms with Gasteiger partial charge in [-0.3, -0.25) is 4.79 Å². The van der Waals surface area contributed by atoms with Gasteiger partial charge >= 0.3 is 0 Å². The Hall–Kier alpha value is -1.98. The Morgan fingerprint density at radius 2 is 1.96 bits per heavy atom. The third kappa shape index (κ3) is 5.28. The number of nitrogens with zero attached hydrogens (tertiary/aromatic N) is 1. The number of hydrogen-bond acceptors (Lipinski definition) is 4. The summed E-state index contributed by atoms with van der Waals surface area (Å²) in [4.78, 5) is 15.9. The van der Waals surface area contributed by atoms with Crippen LogP contribution in [0.1, 0.15) is 29.8 Å². The average Bonchev–Trinajstić information content (AvgIpc) is 2.56. The Balaban J connectivity index is 2.13. The van der Waals surface area contributed by atoms with E-state index in [4.69, 9.17) is 22.1 Å². The Labute approximate surface area is 151 Å². The number of amidine groups is 1. The smallest absolute Gasteiger partial charge is 0.159 e. The van der Waals surface area contributed by atoms with Crippen LogP contribution in [0.3, 0.4) is 0 Å². The summed E-state index contributed by atoms with van der Waals surface area (Å²) in [5.41, 5.74) is 8.30. The van der Waals surface area contributed by atoms with Crippen molar-refractivity contribution in [2.24, 2.45) is 10.7 Å². The van der Waals surface area contributed by atoms with E-state index in [9.17, 15) is 4.79 Å². The maximum Gasteiger partial charge on any atom is 0.159 e. The van der Waals surface area contributed by atoms with Gasteiger partial charge in [0.25, 0.3) is 0 Å². The fraction of sp³-hybridized carbons (Fsp3) is 0.222. The van der Waals surface area contributed by atoms with Crippen molar-refractivity contribution in [3.63, 3.8) is 0 Å². The molecule has 0 bridgehead atoms. The van der Waals surface area contributed by atoms with Crippen LogP contribution in [-0.4, -0.2) is 17.6 Å². The zero-order chi connectivity index (χ0) is 17.5. The van der Waals surface area contributed by atoms with Crippen LogP contribution in [0.25, 0.3) is 0 Å². The minimum atomic E-state index is 0.0205. The maximum atomic E-state index is 11.6. The molecule has 0 spiro atoms. The summed E-state index contributed by atoms with van der Waals surface area (Å²) in [5, 5.41) is 1.09. The van der Waals surface area contributed by atoms with Gasteiger partial charge in [0.05, 0.1) is 12.3 Å². The number of benzene rings is 2. The standard InChI is InChI=1S/C18H19ClN2O2S/c1-3-23-17-9-4-13(12(2)22)10-14(17)11-24-18(20)21-16-7-5-15(19)6-8-16/h4-10H,3,11H2,1-2H3,(H2,20,21). The first-order valence-corrected chi connectivity index (χ1v) is 8.85. The molecule has 0 aliphatic heterocycles. The molecule has 0 radical (unpaired) electrons. The summed E-state index contributed by atoms with van der Waals surface area (Å²) in [6, 6.07) is 12.6. The van der Waals surface area contributed by atoms with E-state index in [0.29, 0.717) is 28.1 Å². The molecule has 2 aromatic rings. The lowest BCUT2D eigenvalue weighted by Gasteiger charge is -2.11. The van der Waals surface area contributed by atoms with Crippen LogP contribution >= 0.6 is 23.4 Å². The molecule has 0 fully saturated rings. The fourth-order valence-corrected chi connectivity index (χ4v) is 2.86. The minimum Gasteiger partial charge on any atom is -0.494 e. The number of Topliss-reactive ketones (excluding diaryl/α,β-unsaturated/α-hetero) is 1. The summed E-state index contributed by atoms with van der Waals surface area (Å²) >= 11 is 7.24. The number of ketones is 1. The van der Waals surface area contributed by atoms with Crippen molar-refractivity contribution >= 4 is 40.0 Å². The molecule has 0 aliphatic carbocycles. The molecule has 2 rings (SSSR count). The lowest BCUT2D eigenvalue weighted by atomic mass is 10.1. The van der Waals surface area contributed by atoms with E-state index >= 15 is 0 Å². The molecule has 2 N–H and O–H groups in total. The van der Waals surface area contributed by atoms with Gasteiger partial charge in [-0.05, 0) is 56.3 Å². The minimum absolute atomic E-state index is 0.0205. The molecular weight excluding hydrogens is 344 g/mol. The van der Waals surface area contributed by atoms with Crippen molar-refractivity contribution in [3.05, 3.63) is 58.6 Å². The second-order valence-electron chi connectivity index (χ2n) is 5.03. The highest BCUT2D eigenvalue weighted by atomic mass is 35.5. The van der Waals surface area contributed by atoms with Gasteiger partial charge in [0, 0.05) is 21.9 Å². The molecule has 0 saturated heterocycles. The van der Waals surface area contributed by atoms with Crippen molar-refractivity contribution in [3.8, 4) is 5.75 Å². The van der Waals surface area contributed by atoms with E-state index in [0.717, 1.165) is 17.0 Å². The molecule has 0 unspecified atom stereocenters. The summed E-state index contributed by atoms with van der Waals surface area (Å²) in [5.74, 6) is 1.35. The first kappa shape index (κ1) is 18.4. The van der Waals surface area contributed by atoms with Gasteiger partial charge in [0.15, 0.2) is 11.0 Å². The number of carbonyl (C=O) groups is 1. The number of carbonyl (C=O) groups excluding carboxylic acids is 1. The molecule has 126 valence electrons. The molecule has 4 nitrogen and oxygen atoms in total. The SMILES string of the molecule is CCOc1ccc(C(C)=O)cc1CSC(N)=Nc1ccc(Cl)cc1. The second kappa shape index (κ2) is 8.76. The van der Waals surface area contributed by atoms with E-state index in [1.807, 2.05) is 19.1 Å². The van der Waals surface area contributed by atoms with Crippen LogP contribution in [-0.2, 0) is 5.75 Å². The van der Waals surface area contributed by atoms with Crippen LogP contribution in [0.2, 0.25) is 5.02 Å². The molecule has 0 saturated carbocycles. The van der Waals surface area contributed by atoms with Gasteiger partial charge in [0.1, 0.15) is 5.75 Å². The quantitative estimate of drug-likeness (QED) is 0.454. The predicted octanol–water partition coefficient (Wildman–Crippen LogP) is 4.82. The van der Waals surface area contributed by atoms with E-state index in [1.165, 1.54) is 11.8 Å². The number of ether oxygens (including phenoxy) is 1. The summed E-state index contributed by atoms with van der Waals surface area (Å²) < 4.78 is 5.62. The Bertz CT molecular complexity index is 745. The molecule has 0 heterocycles. The van der Waals surface area contributed by atoms with E-state index < -0.39 is 0 Å². The lowest BCUT2D eigenvalue weighted by molar-refractivity contribution is 0.101. The molecule has 0 aromatic heterocycles. The van der Waals surface area contributed by atoms with Crippen molar-refractivity contribution in [1.82, 2.24) is 0 Å². The van der Waals surface area contributed by atoms with Gasteiger partial charge < -0.3 is 10.5 Å². The van der Waals surface area contributed by atoms with Gasteiger partial charge in [-0.1, -0.05) is 23.4 Å². The number of nitrogens with two attached hydrogens (primary N) is 1. The topological polar surface area (TPSA) is 64.7 Å². The van der Waals surface area contributed by atoms with Crippen LogP contribution in [0, 0.1) is 0 Å². The van der Waals surface area contributed by atoms with Crippen LogP contribution in [0.15, 0.2) is 47.5 Å². The third-order valence-electron chi connectivity index (χ3n) is 3.21. The highest BCUT2D eigenvalue weighted by Gasteiger charge is 2.09. The van der Waals surface area contributed by atoms with Crippen molar-refractivity contribution in [2.45, 2.75) is 19.6 Å². The first-order chi connectivity index (χ1) is 11.5. The highest BCUT2D eigenvalue weighted by molar-refractivity contribution is 8.13. The number of halogens is 1. The zero-order valence-electron chi connectivity index (χ0n) is 13.6.